The van der Waals surface area contributed by atoms with E-state index in [4.69, 9.17) is 0 Å². The summed E-state index contributed by atoms with van der Waals surface area (Å²) in [5, 5.41) is 13.1. The summed E-state index contributed by atoms with van der Waals surface area (Å²) in [5.41, 5.74) is 0.941. The van der Waals surface area contributed by atoms with Gasteiger partial charge >= 0.3 is 0 Å². The van der Waals surface area contributed by atoms with Crippen LogP contribution in [0.4, 0.5) is 0 Å². The van der Waals surface area contributed by atoms with Gasteiger partial charge in [-0.25, -0.2) is 0 Å². The molecule has 0 spiro atoms. The van der Waals surface area contributed by atoms with E-state index in [1.165, 1.54) is 0 Å². The Morgan fingerprint density at radius 1 is 1.43 bits per heavy atom. The molecule has 0 fully saturated rings. The topological polar surface area (TPSA) is 32.3 Å². The molecular formula is C12H17NO. The zero-order valence-corrected chi connectivity index (χ0v) is 8.48. The van der Waals surface area contributed by atoms with Crippen LogP contribution in [0.15, 0.2) is 43.0 Å². The molecule has 0 radical (unpaired) electrons. The number of hydrogen-bond acceptors (Lipinski definition) is 2. The van der Waals surface area contributed by atoms with Crippen molar-refractivity contribution in [3.8, 4) is 0 Å². The highest BCUT2D eigenvalue weighted by atomic mass is 16.3. The van der Waals surface area contributed by atoms with E-state index in [1.54, 1.807) is 6.08 Å². The monoisotopic (exact) mass is 191 g/mol. The maximum absolute atomic E-state index is 9.92. The second kappa shape index (κ2) is 5.58. The Labute approximate surface area is 85.3 Å². The molecule has 2 nitrogen and oxygen atoms in total. The fraction of sp³-hybridized carbons (Fsp3) is 0.333. The summed E-state index contributed by atoms with van der Waals surface area (Å²) >= 11 is 0. The van der Waals surface area contributed by atoms with Crippen molar-refractivity contribution in [3.63, 3.8) is 0 Å². The number of rotatable bonds is 5. The van der Waals surface area contributed by atoms with Crippen molar-refractivity contribution in [1.29, 1.82) is 0 Å². The highest BCUT2D eigenvalue weighted by molar-refractivity contribution is 5.18. The fourth-order valence-electron chi connectivity index (χ4n) is 1.32. The summed E-state index contributed by atoms with van der Waals surface area (Å²) in [4.78, 5) is 0. The van der Waals surface area contributed by atoms with E-state index in [9.17, 15) is 5.11 Å². The van der Waals surface area contributed by atoms with Crippen LogP contribution in [0, 0.1) is 0 Å². The number of benzene rings is 1. The minimum absolute atomic E-state index is 0.0374. The summed E-state index contributed by atoms with van der Waals surface area (Å²) in [5.74, 6) is 0. The Bertz CT molecular complexity index is 271. The maximum atomic E-state index is 9.92. The Morgan fingerprint density at radius 2 is 2.07 bits per heavy atom. The lowest BCUT2D eigenvalue weighted by atomic mass is 10.0. The average Bonchev–Trinajstić information content (AvgIpc) is 2.26. The van der Waals surface area contributed by atoms with Gasteiger partial charge in [0.05, 0.1) is 6.10 Å². The lowest BCUT2D eigenvalue weighted by Gasteiger charge is -2.19. The molecule has 0 aliphatic heterocycles. The summed E-state index contributed by atoms with van der Waals surface area (Å²) in [6, 6.07) is 9.69. The number of hydrogen-bond donors (Lipinski definition) is 2. The molecule has 2 unspecified atom stereocenters. The van der Waals surface area contributed by atoms with E-state index < -0.39 is 6.10 Å². The van der Waals surface area contributed by atoms with Gasteiger partial charge in [0, 0.05) is 12.6 Å². The molecule has 1 aromatic carbocycles. The predicted octanol–water partition coefficient (Wildman–Crippen LogP) is 1.88. The van der Waals surface area contributed by atoms with E-state index in [2.05, 4.69) is 11.9 Å². The van der Waals surface area contributed by atoms with E-state index in [1.807, 2.05) is 37.3 Å². The van der Waals surface area contributed by atoms with Gasteiger partial charge < -0.3 is 10.4 Å². The van der Waals surface area contributed by atoms with Crippen LogP contribution in [0.1, 0.15) is 18.6 Å². The molecule has 0 saturated heterocycles. The van der Waals surface area contributed by atoms with Gasteiger partial charge in [-0.2, -0.15) is 0 Å². The minimum atomic E-state index is -0.462. The molecule has 0 heterocycles. The third-order valence-corrected chi connectivity index (χ3v) is 2.20. The number of aliphatic hydroxyl groups is 1. The molecule has 76 valence electrons. The quantitative estimate of drug-likeness (QED) is 0.696. The first kappa shape index (κ1) is 11.0. The molecule has 0 saturated carbocycles. The second-order valence-corrected chi connectivity index (χ2v) is 3.34. The first-order valence-corrected chi connectivity index (χ1v) is 4.83. The molecule has 2 N–H and O–H groups in total. The van der Waals surface area contributed by atoms with Crippen LogP contribution < -0.4 is 5.32 Å². The molecule has 0 bridgehead atoms. The van der Waals surface area contributed by atoms with Gasteiger partial charge in [-0.05, 0) is 12.5 Å². The van der Waals surface area contributed by atoms with Crippen LogP contribution in [0.3, 0.4) is 0 Å². The van der Waals surface area contributed by atoms with Gasteiger partial charge in [0.15, 0.2) is 0 Å². The van der Waals surface area contributed by atoms with Gasteiger partial charge in [0.25, 0.3) is 0 Å². The third-order valence-electron chi connectivity index (χ3n) is 2.20. The van der Waals surface area contributed by atoms with E-state index in [0.29, 0.717) is 6.54 Å². The Balaban J connectivity index is 2.56. The molecule has 0 aromatic heterocycles. The van der Waals surface area contributed by atoms with Gasteiger partial charge in [-0.3, -0.25) is 0 Å². The van der Waals surface area contributed by atoms with E-state index >= 15 is 0 Å². The van der Waals surface area contributed by atoms with E-state index in [-0.39, 0.29) is 6.04 Å². The maximum Gasteiger partial charge on any atom is 0.0940 e. The predicted molar refractivity (Wildman–Crippen MR) is 59.1 cm³/mol. The first-order valence-electron chi connectivity index (χ1n) is 4.83. The van der Waals surface area contributed by atoms with Crippen LogP contribution in [0.2, 0.25) is 0 Å². The van der Waals surface area contributed by atoms with Gasteiger partial charge in [0.2, 0.25) is 0 Å². The van der Waals surface area contributed by atoms with Crippen molar-refractivity contribution < 1.29 is 5.11 Å². The van der Waals surface area contributed by atoms with Crippen molar-refractivity contribution in [1.82, 2.24) is 5.32 Å². The second-order valence-electron chi connectivity index (χ2n) is 3.34. The zero-order valence-electron chi connectivity index (χ0n) is 8.48. The zero-order chi connectivity index (χ0) is 10.4. The van der Waals surface area contributed by atoms with E-state index in [0.717, 1.165) is 5.56 Å². The lowest BCUT2D eigenvalue weighted by Crippen LogP contribution is -2.32. The van der Waals surface area contributed by atoms with Gasteiger partial charge in [-0.15, -0.1) is 6.58 Å². The largest absolute Gasteiger partial charge is 0.387 e. The van der Waals surface area contributed by atoms with Gasteiger partial charge in [-0.1, -0.05) is 36.4 Å². The van der Waals surface area contributed by atoms with Crippen LogP contribution in [0.5, 0.6) is 0 Å². The highest BCUT2D eigenvalue weighted by Gasteiger charge is 2.14. The van der Waals surface area contributed by atoms with Crippen LogP contribution in [-0.2, 0) is 0 Å². The minimum Gasteiger partial charge on any atom is -0.387 e. The van der Waals surface area contributed by atoms with Crippen LogP contribution >= 0.6 is 0 Å². The molecule has 0 aliphatic carbocycles. The molecule has 0 aliphatic rings. The molecule has 14 heavy (non-hydrogen) atoms. The van der Waals surface area contributed by atoms with Crippen molar-refractivity contribution in [3.05, 3.63) is 48.6 Å². The van der Waals surface area contributed by atoms with Crippen molar-refractivity contribution in [2.24, 2.45) is 0 Å². The summed E-state index contributed by atoms with van der Waals surface area (Å²) in [7, 11) is 0. The fourth-order valence-corrected chi connectivity index (χ4v) is 1.32. The SMILES string of the molecule is C=CCNC(C)C(O)c1ccccc1. The standard InChI is InChI=1S/C12H17NO/c1-3-9-13-10(2)12(14)11-7-5-4-6-8-11/h3-8,10,12-14H,1,9H2,2H3. The summed E-state index contributed by atoms with van der Waals surface area (Å²) in [6.07, 6.45) is 1.32. The summed E-state index contributed by atoms with van der Waals surface area (Å²) in [6.45, 7) is 6.29. The molecular weight excluding hydrogens is 174 g/mol. The Morgan fingerprint density at radius 3 is 2.64 bits per heavy atom. The Hall–Kier alpha value is -1.12. The van der Waals surface area contributed by atoms with Crippen LogP contribution in [-0.4, -0.2) is 17.7 Å². The number of aliphatic hydroxyl groups excluding tert-OH is 1. The number of nitrogens with one attached hydrogen (secondary N) is 1. The highest BCUT2D eigenvalue weighted by Crippen LogP contribution is 2.15. The molecule has 0 amide bonds. The molecule has 2 heteroatoms. The average molecular weight is 191 g/mol. The molecule has 2 atom stereocenters. The van der Waals surface area contributed by atoms with Crippen molar-refractivity contribution in [2.75, 3.05) is 6.54 Å². The van der Waals surface area contributed by atoms with Gasteiger partial charge in [0.1, 0.15) is 0 Å². The normalized spacial score (nSPS) is 14.7. The summed E-state index contributed by atoms with van der Waals surface area (Å²) < 4.78 is 0. The Kier molecular flexibility index (Phi) is 4.36. The lowest BCUT2D eigenvalue weighted by molar-refractivity contribution is 0.138. The van der Waals surface area contributed by atoms with Crippen LogP contribution in [0.25, 0.3) is 0 Å². The molecule has 1 rings (SSSR count). The first-order chi connectivity index (χ1) is 6.75. The smallest absolute Gasteiger partial charge is 0.0940 e. The molecule has 1 aromatic rings. The van der Waals surface area contributed by atoms with Crippen molar-refractivity contribution >= 4 is 0 Å². The van der Waals surface area contributed by atoms with Crippen molar-refractivity contribution in [2.45, 2.75) is 19.1 Å². The third kappa shape index (κ3) is 2.98.